The number of nitrogens with zero attached hydrogens (tertiary/aromatic N) is 4. The van der Waals surface area contributed by atoms with Crippen molar-refractivity contribution in [3.63, 3.8) is 0 Å². The lowest BCUT2D eigenvalue weighted by atomic mass is 10.2. The number of ether oxygens (including phenoxy) is 1. The molecule has 1 atom stereocenters. The Morgan fingerprint density at radius 2 is 2.03 bits per heavy atom. The lowest BCUT2D eigenvalue weighted by molar-refractivity contribution is -0.148. The molecule has 0 saturated carbocycles. The van der Waals surface area contributed by atoms with Crippen LogP contribution in [0.4, 0.5) is 0 Å². The molecule has 3 aromatic rings. The van der Waals surface area contributed by atoms with Crippen molar-refractivity contribution in [2.45, 2.75) is 26.8 Å². The van der Waals surface area contributed by atoms with Crippen LogP contribution in [0, 0.1) is 13.8 Å². The van der Waals surface area contributed by atoms with E-state index in [9.17, 15) is 9.59 Å². The Labute approximate surface area is 173 Å². The number of amides is 1. The summed E-state index contributed by atoms with van der Waals surface area (Å²) in [6.07, 6.45) is 2.99. The van der Waals surface area contributed by atoms with Gasteiger partial charge in [0.2, 0.25) is 0 Å². The molecule has 7 nitrogen and oxygen atoms in total. The molecule has 2 aromatic heterocycles. The number of esters is 1. The summed E-state index contributed by atoms with van der Waals surface area (Å²) < 4.78 is 7.95. The van der Waals surface area contributed by atoms with Crippen molar-refractivity contribution in [3.8, 4) is 0 Å². The van der Waals surface area contributed by atoms with E-state index in [-0.39, 0.29) is 18.6 Å². The minimum absolute atomic E-state index is 0.213. The Bertz CT molecular complexity index is 1050. The van der Waals surface area contributed by atoms with Gasteiger partial charge in [-0.15, -0.1) is 11.3 Å². The predicted molar refractivity (Wildman–Crippen MR) is 113 cm³/mol. The maximum absolute atomic E-state index is 12.5. The van der Waals surface area contributed by atoms with E-state index in [0.717, 1.165) is 32.2 Å². The zero-order valence-electron chi connectivity index (χ0n) is 17.2. The smallest absolute Gasteiger partial charge is 0.331 e. The highest BCUT2D eigenvalue weighted by Crippen LogP contribution is 2.28. The van der Waals surface area contributed by atoms with Crippen LogP contribution in [0.3, 0.4) is 0 Å². The highest BCUT2D eigenvalue weighted by molar-refractivity contribution is 7.18. The number of benzene rings is 1. The van der Waals surface area contributed by atoms with E-state index in [4.69, 9.17) is 4.74 Å². The van der Waals surface area contributed by atoms with Crippen molar-refractivity contribution in [3.05, 3.63) is 52.3 Å². The van der Waals surface area contributed by atoms with Gasteiger partial charge in [-0.1, -0.05) is 12.1 Å². The van der Waals surface area contributed by atoms with Gasteiger partial charge in [0, 0.05) is 31.4 Å². The molecule has 0 fully saturated rings. The summed E-state index contributed by atoms with van der Waals surface area (Å²) in [6.45, 7) is 5.39. The number of hydrogen-bond donors (Lipinski definition) is 0. The monoisotopic (exact) mass is 412 g/mol. The van der Waals surface area contributed by atoms with Gasteiger partial charge in [-0.3, -0.25) is 9.48 Å². The molecule has 0 radical (unpaired) electrons. The van der Waals surface area contributed by atoms with Crippen LogP contribution in [-0.4, -0.2) is 45.2 Å². The molecule has 0 aliphatic carbocycles. The summed E-state index contributed by atoms with van der Waals surface area (Å²) in [4.78, 5) is 30.6. The van der Waals surface area contributed by atoms with Crippen molar-refractivity contribution in [2.24, 2.45) is 7.05 Å². The normalized spacial score (nSPS) is 12.4. The van der Waals surface area contributed by atoms with Crippen molar-refractivity contribution < 1.29 is 14.3 Å². The lowest BCUT2D eigenvalue weighted by Crippen LogP contribution is -2.33. The molecular weight excluding hydrogens is 388 g/mol. The third kappa shape index (κ3) is 4.54. The van der Waals surface area contributed by atoms with E-state index in [2.05, 4.69) is 10.1 Å². The Kier molecular flexibility index (Phi) is 6.12. The third-order valence-electron chi connectivity index (χ3n) is 4.93. The first-order chi connectivity index (χ1) is 13.8. The first-order valence-electron chi connectivity index (χ1n) is 9.24. The van der Waals surface area contributed by atoms with E-state index >= 15 is 0 Å². The summed E-state index contributed by atoms with van der Waals surface area (Å²) in [6, 6.07) is 7.64. The van der Waals surface area contributed by atoms with Crippen molar-refractivity contribution >= 4 is 39.5 Å². The lowest BCUT2D eigenvalue weighted by Gasteiger charge is -2.22. The molecule has 0 bridgehead atoms. The molecule has 1 amide bonds. The predicted octanol–water partition coefficient (Wildman–Crippen LogP) is 3.42. The molecule has 0 aliphatic rings. The molecule has 0 unspecified atom stereocenters. The standard InChI is InChI=1S/C21H24N4O3S/c1-13-16(14(2)25(5)23-13)10-11-20(27)28-12-19(26)24(4)15(3)21-22-17-8-6-7-9-18(17)29-21/h6-11,15H,12H2,1-5H3/b11-10+/t15-/m0/s1. The van der Waals surface area contributed by atoms with E-state index in [1.807, 2.05) is 52.1 Å². The van der Waals surface area contributed by atoms with Crippen LogP contribution in [-0.2, 0) is 21.4 Å². The van der Waals surface area contributed by atoms with Crippen LogP contribution in [0.2, 0.25) is 0 Å². The minimum atomic E-state index is -0.568. The molecular formula is C21H24N4O3S. The van der Waals surface area contributed by atoms with Crippen molar-refractivity contribution in [1.29, 1.82) is 0 Å². The van der Waals surface area contributed by atoms with Crippen molar-refractivity contribution in [1.82, 2.24) is 19.7 Å². The Hall–Kier alpha value is -3.00. The second kappa shape index (κ2) is 8.57. The second-order valence-electron chi connectivity index (χ2n) is 6.85. The van der Waals surface area contributed by atoms with Crippen LogP contribution < -0.4 is 0 Å². The maximum Gasteiger partial charge on any atom is 0.331 e. The van der Waals surface area contributed by atoms with Gasteiger partial charge < -0.3 is 9.64 Å². The summed E-state index contributed by atoms with van der Waals surface area (Å²) in [5.74, 6) is -0.853. The van der Waals surface area contributed by atoms with Gasteiger partial charge in [-0.25, -0.2) is 9.78 Å². The van der Waals surface area contributed by atoms with Gasteiger partial charge in [0.1, 0.15) is 5.01 Å². The van der Waals surface area contributed by atoms with Crippen LogP contribution in [0.15, 0.2) is 30.3 Å². The number of fused-ring (bicyclic) bond motifs is 1. The summed E-state index contributed by atoms with van der Waals surface area (Å²) in [7, 11) is 3.53. The Morgan fingerprint density at radius 3 is 2.69 bits per heavy atom. The molecule has 152 valence electrons. The zero-order valence-corrected chi connectivity index (χ0v) is 18.0. The van der Waals surface area contributed by atoms with Crippen molar-refractivity contribution in [2.75, 3.05) is 13.7 Å². The average Bonchev–Trinajstić information content (AvgIpc) is 3.24. The number of carbonyl (C=O) groups is 2. The molecule has 0 aliphatic heterocycles. The van der Waals surface area contributed by atoms with Crippen LogP contribution >= 0.6 is 11.3 Å². The number of rotatable bonds is 6. The van der Waals surface area contributed by atoms with Gasteiger partial charge in [0.05, 0.1) is 22.0 Å². The molecule has 8 heteroatoms. The summed E-state index contributed by atoms with van der Waals surface area (Å²) in [5, 5.41) is 5.14. The fourth-order valence-corrected chi connectivity index (χ4v) is 3.98. The number of likely N-dealkylation sites (N-methyl/N-ethyl adjacent to an activating group) is 1. The largest absolute Gasteiger partial charge is 0.452 e. The number of aromatic nitrogens is 3. The van der Waals surface area contributed by atoms with E-state index < -0.39 is 5.97 Å². The van der Waals surface area contributed by atoms with Gasteiger partial charge in [0.25, 0.3) is 5.91 Å². The third-order valence-corrected chi connectivity index (χ3v) is 6.14. The molecule has 29 heavy (non-hydrogen) atoms. The molecule has 0 saturated heterocycles. The first kappa shape index (κ1) is 20.7. The number of carbonyl (C=O) groups excluding carboxylic acids is 2. The Morgan fingerprint density at radius 1 is 1.31 bits per heavy atom. The van der Waals surface area contributed by atoms with Gasteiger partial charge >= 0.3 is 5.97 Å². The van der Waals surface area contributed by atoms with E-state index in [0.29, 0.717) is 0 Å². The summed E-state index contributed by atoms with van der Waals surface area (Å²) >= 11 is 1.55. The molecule has 0 N–H and O–H groups in total. The SMILES string of the molecule is Cc1nn(C)c(C)c1/C=C/C(=O)OCC(=O)N(C)[C@@H](C)c1nc2ccccc2s1. The topological polar surface area (TPSA) is 77.3 Å². The highest BCUT2D eigenvalue weighted by Gasteiger charge is 2.21. The number of thiazole rings is 1. The number of aryl methyl sites for hydroxylation is 2. The first-order valence-corrected chi connectivity index (χ1v) is 10.1. The summed E-state index contributed by atoms with van der Waals surface area (Å²) in [5.41, 5.74) is 3.57. The molecule has 0 spiro atoms. The second-order valence-corrected chi connectivity index (χ2v) is 7.91. The van der Waals surface area contributed by atoms with Crippen LogP contribution in [0.1, 0.15) is 34.9 Å². The highest BCUT2D eigenvalue weighted by atomic mass is 32.1. The number of hydrogen-bond acceptors (Lipinski definition) is 6. The minimum Gasteiger partial charge on any atom is -0.452 e. The fraction of sp³-hybridized carbons (Fsp3) is 0.333. The van der Waals surface area contributed by atoms with E-state index in [1.54, 1.807) is 34.0 Å². The fourth-order valence-electron chi connectivity index (χ4n) is 2.92. The van der Waals surface area contributed by atoms with Gasteiger partial charge in [0.15, 0.2) is 6.61 Å². The quantitative estimate of drug-likeness (QED) is 0.458. The molecule has 2 heterocycles. The molecule has 1 aromatic carbocycles. The number of para-hydroxylation sites is 1. The van der Waals surface area contributed by atoms with Gasteiger partial charge in [-0.2, -0.15) is 5.10 Å². The zero-order chi connectivity index (χ0) is 21.1. The average molecular weight is 413 g/mol. The van der Waals surface area contributed by atoms with E-state index in [1.165, 1.54) is 6.08 Å². The van der Waals surface area contributed by atoms with Crippen LogP contribution in [0.25, 0.3) is 16.3 Å². The molecule has 3 rings (SSSR count). The maximum atomic E-state index is 12.5. The Balaban J connectivity index is 1.57. The van der Waals surface area contributed by atoms with Crippen LogP contribution in [0.5, 0.6) is 0 Å². The van der Waals surface area contributed by atoms with Gasteiger partial charge in [-0.05, 0) is 39.0 Å².